The summed E-state index contributed by atoms with van der Waals surface area (Å²) in [6, 6.07) is 10.4. The number of alkyl halides is 3. The summed E-state index contributed by atoms with van der Waals surface area (Å²) in [5.41, 5.74) is 1.62. The van der Waals surface area contributed by atoms with E-state index in [2.05, 4.69) is 9.97 Å². The Hall–Kier alpha value is -4.02. The van der Waals surface area contributed by atoms with Gasteiger partial charge in [-0.05, 0) is 61.1 Å². The molecule has 1 aliphatic carbocycles. The summed E-state index contributed by atoms with van der Waals surface area (Å²) in [4.78, 5) is 29.3. The van der Waals surface area contributed by atoms with Gasteiger partial charge in [-0.25, -0.2) is 19.6 Å². The van der Waals surface area contributed by atoms with Gasteiger partial charge in [0.05, 0.1) is 12.1 Å². The number of oxazole rings is 1. The molecule has 2 unspecified atom stereocenters. The van der Waals surface area contributed by atoms with Crippen LogP contribution in [-0.4, -0.2) is 14.7 Å². The number of rotatable bonds is 7. The molecule has 2 heterocycles. The third-order valence-electron chi connectivity index (χ3n) is 5.90. The van der Waals surface area contributed by atoms with E-state index in [4.69, 9.17) is 13.7 Å². The molecule has 1 aliphatic rings. The van der Waals surface area contributed by atoms with E-state index >= 15 is 0 Å². The zero-order valence-corrected chi connectivity index (χ0v) is 18.5. The number of aryl methyl sites for hydroxylation is 1. The van der Waals surface area contributed by atoms with E-state index in [9.17, 15) is 22.8 Å². The van der Waals surface area contributed by atoms with Gasteiger partial charge >= 0.3 is 17.6 Å². The van der Waals surface area contributed by atoms with Gasteiger partial charge in [0.1, 0.15) is 24.3 Å². The molecular formula is C24H20F3N3O5. The highest BCUT2D eigenvalue weighted by Gasteiger charge is 2.41. The van der Waals surface area contributed by atoms with E-state index in [0.29, 0.717) is 17.0 Å². The first-order chi connectivity index (χ1) is 16.7. The minimum Gasteiger partial charge on any atom is -0.487 e. The van der Waals surface area contributed by atoms with Gasteiger partial charge in [-0.3, -0.25) is 0 Å². The van der Waals surface area contributed by atoms with Crippen LogP contribution in [0, 0.1) is 12.8 Å². The van der Waals surface area contributed by atoms with Gasteiger partial charge in [0, 0.05) is 5.56 Å². The molecule has 2 aromatic heterocycles. The highest BCUT2D eigenvalue weighted by molar-refractivity contribution is 5.54. The number of aromatic nitrogens is 3. The van der Waals surface area contributed by atoms with Crippen LogP contribution in [0.1, 0.15) is 34.7 Å². The second kappa shape index (κ2) is 8.64. The van der Waals surface area contributed by atoms with Gasteiger partial charge in [0.25, 0.3) is 0 Å². The number of H-pyrrole nitrogens is 1. The Morgan fingerprint density at radius 3 is 2.63 bits per heavy atom. The fraction of sp³-hybridized carbons (Fsp3) is 0.292. The van der Waals surface area contributed by atoms with E-state index in [1.165, 1.54) is 18.4 Å². The molecular weight excluding hydrogens is 467 g/mol. The van der Waals surface area contributed by atoms with Crippen molar-refractivity contribution in [3.63, 3.8) is 0 Å². The van der Waals surface area contributed by atoms with E-state index in [0.717, 1.165) is 34.4 Å². The summed E-state index contributed by atoms with van der Waals surface area (Å²) in [7, 11) is 0. The molecule has 1 fully saturated rings. The van der Waals surface area contributed by atoms with Crippen molar-refractivity contribution >= 4 is 0 Å². The molecule has 0 saturated heterocycles. The number of hydrogen-bond acceptors (Lipinski definition) is 6. The Kier molecular flexibility index (Phi) is 5.62. The van der Waals surface area contributed by atoms with Crippen LogP contribution in [0.3, 0.4) is 0 Å². The molecule has 1 N–H and O–H groups in total. The highest BCUT2D eigenvalue weighted by Crippen LogP contribution is 2.51. The number of ether oxygens (including phenoxy) is 1. The van der Waals surface area contributed by atoms with Crippen LogP contribution < -0.4 is 16.2 Å². The predicted octanol–water partition coefficient (Wildman–Crippen LogP) is 4.49. The molecule has 4 aromatic rings. The first-order valence-electron chi connectivity index (χ1n) is 10.8. The van der Waals surface area contributed by atoms with Crippen LogP contribution in [0.25, 0.3) is 11.5 Å². The standard InChI is InChI=1S/C24H20F3N3O5/c1-13-2-7-20(19(8-13)18-9-15(18)10-30-22(31)29-23(32)35-30)33-11-17-12-34-21(28-17)14-3-5-16(6-4-14)24(25,26)27/h2-8,12,15,18H,9-11H2,1H3,(H,29,31,32). The van der Waals surface area contributed by atoms with Crippen molar-refractivity contribution in [3.8, 4) is 17.2 Å². The lowest BCUT2D eigenvalue weighted by molar-refractivity contribution is -0.137. The number of halogens is 3. The Morgan fingerprint density at radius 2 is 1.94 bits per heavy atom. The second-order valence-electron chi connectivity index (χ2n) is 8.52. The molecule has 0 bridgehead atoms. The highest BCUT2D eigenvalue weighted by atomic mass is 19.4. The fourth-order valence-corrected chi connectivity index (χ4v) is 4.03. The maximum Gasteiger partial charge on any atom is 0.440 e. The summed E-state index contributed by atoms with van der Waals surface area (Å²) in [6.07, 6.45) is -2.20. The van der Waals surface area contributed by atoms with Gasteiger partial charge in [0.2, 0.25) is 5.89 Å². The minimum absolute atomic E-state index is 0.101. The quantitative estimate of drug-likeness (QED) is 0.412. The number of aromatic amines is 1. The predicted molar refractivity (Wildman–Crippen MR) is 117 cm³/mol. The summed E-state index contributed by atoms with van der Waals surface area (Å²) in [5, 5.41) is 0. The molecule has 2 atom stereocenters. The molecule has 0 spiro atoms. The molecule has 182 valence electrons. The normalized spacial score (nSPS) is 17.5. The minimum atomic E-state index is -4.41. The zero-order valence-electron chi connectivity index (χ0n) is 18.5. The molecule has 0 aliphatic heterocycles. The maximum atomic E-state index is 12.8. The maximum absolute atomic E-state index is 12.8. The number of hydrogen-bond donors (Lipinski definition) is 1. The largest absolute Gasteiger partial charge is 0.487 e. The van der Waals surface area contributed by atoms with Crippen LogP contribution in [0.15, 0.2) is 67.3 Å². The van der Waals surface area contributed by atoms with Gasteiger partial charge in [-0.1, -0.05) is 17.7 Å². The second-order valence-corrected chi connectivity index (χ2v) is 8.52. The van der Waals surface area contributed by atoms with Gasteiger partial charge < -0.3 is 13.7 Å². The average molecular weight is 487 g/mol. The third-order valence-corrected chi connectivity index (χ3v) is 5.90. The summed E-state index contributed by atoms with van der Waals surface area (Å²) < 4.78 is 55.6. The van der Waals surface area contributed by atoms with Crippen LogP contribution in [0.5, 0.6) is 5.75 Å². The van der Waals surface area contributed by atoms with Crippen LogP contribution in [0.4, 0.5) is 13.2 Å². The fourth-order valence-electron chi connectivity index (χ4n) is 4.03. The van der Waals surface area contributed by atoms with Gasteiger partial charge in [0.15, 0.2) is 0 Å². The molecule has 0 radical (unpaired) electrons. The lowest BCUT2D eigenvalue weighted by atomic mass is 10.0. The smallest absolute Gasteiger partial charge is 0.440 e. The SMILES string of the molecule is Cc1ccc(OCc2coc(-c3ccc(C(F)(F)F)cc3)n2)c(C2CC2Cn2oc(=O)[nH]c2=O)c1. The monoisotopic (exact) mass is 487 g/mol. The Bertz CT molecular complexity index is 1460. The third kappa shape index (κ3) is 4.93. The molecule has 0 amide bonds. The lowest BCUT2D eigenvalue weighted by Crippen LogP contribution is -2.17. The van der Waals surface area contributed by atoms with Gasteiger partial charge in [-0.15, -0.1) is 0 Å². The molecule has 5 rings (SSSR count). The number of benzene rings is 2. The molecule has 1 saturated carbocycles. The van der Waals surface area contributed by atoms with Crippen molar-refractivity contribution in [3.05, 3.63) is 92.1 Å². The zero-order chi connectivity index (χ0) is 24.7. The number of nitrogens with one attached hydrogen (secondary N) is 1. The first-order valence-corrected chi connectivity index (χ1v) is 10.8. The summed E-state index contributed by atoms with van der Waals surface area (Å²) in [6.45, 7) is 2.35. The molecule has 8 nitrogen and oxygen atoms in total. The van der Waals surface area contributed by atoms with E-state index in [1.807, 2.05) is 25.1 Å². The van der Waals surface area contributed by atoms with E-state index in [-0.39, 0.29) is 30.9 Å². The Balaban J connectivity index is 1.26. The number of nitrogens with zero attached hydrogens (tertiary/aromatic N) is 2. The Labute approximate surface area is 195 Å². The van der Waals surface area contributed by atoms with E-state index in [1.54, 1.807) is 0 Å². The van der Waals surface area contributed by atoms with Crippen molar-refractivity contribution in [1.82, 2.24) is 14.7 Å². The van der Waals surface area contributed by atoms with Gasteiger partial charge in [-0.2, -0.15) is 17.9 Å². The summed E-state index contributed by atoms with van der Waals surface area (Å²) in [5.74, 6) is 0.327. The average Bonchev–Trinajstić information content (AvgIpc) is 3.26. The van der Waals surface area contributed by atoms with Crippen molar-refractivity contribution in [2.24, 2.45) is 5.92 Å². The van der Waals surface area contributed by atoms with Crippen molar-refractivity contribution in [1.29, 1.82) is 0 Å². The van der Waals surface area contributed by atoms with Crippen LogP contribution in [-0.2, 0) is 19.3 Å². The lowest BCUT2D eigenvalue weighted by Gasteiger charge is -2.11. The summed E-state index contributed by atoms with van der Waals surface area (Å²) >= 11 is 0. The van der Waals surface area contributed by atoms with Crippen molar-refractivity contribution in [2.45, 2.75) is 38.6 Å². The van der Waals surface area contributed by atoms with Crippen molar-refractivity contribution < 1.29 is 26.8 Å². The first kappa shape index (κ1) is 22.8. The van der Waals surface area contributed by atoms with E-state index < -0.39 is 23.2 Å². The topological polar surface area (TPSA) is 103 Å². The van der Waals surface area contributed by atoms with Crippen LogP contribution in [0.2, 0.25) is 0 Å². The Morgan fingerprint density at radius 1 is 1.17 bits per heavy atom. The molecule has 11 heteroatoms. The van der Waals surface area contributed by atoms with Crippen molar-refractivity contribution in [2.75, 3.05) is 0 Å². The molecule has 35 heavy (non-hydrogen) atoms. The van der Waals surface area contributed by atoms with Crippen LogP contribution >= 0.6 is 0 Å². The molecule has 2 aromatic carbocycles.